The summed E-state index contributed by atoms with van der Waals surface area (Å²) in [5.74, 6) is 0.706. The highest BCUT2D eigenvalue weighted by Gasteiger charge is 2.08. The Labute approximate surface area is 140 Å². The Morgan fingerprint density at radius 2 is 1.87 bits per heavy atom. The van der Waals surface area contributed by atoms with Crippen LogP contribution in [0.25, 0.3) is 5.65 Å². The summed E-state index contributed by atoms with van der Waals surface area (Å²) in [5.41, 5.74) is 3.82. The van der Waals surface area contributed by atoms with Crippen LogP contribution >= 0.6 is 11.6 Å². The Kier molecular flexibility index (Phi) is 4.72. The number of fused-ring (bicyclic) bond motifs is 1. The highest BCUT2D eigenvalue weighted by molar-refractivity contribution is 6.30. The highest BCUT2D eigenvalue weighted by atomic mass is 35.5. The molecule has 118 valence electrons. The molecule has 0 aliphatic rings. The molecule has 0 aliphatic carbocycles. The second kappa shape index (κ2) is 6.92. The zero-order valence-electron chi connectivity index (χ0n) is 13.3. The summed E-state index contributed by atoms with van der Waals surface area (Å²) in [7, 11) is 0. The zero-order chi connectivity index (χ0) is 16.2. The lowest BCUT2D eigenvalue weighted by Gasteiger charge is -2.00. The van der Waals surface area contributed by atoms with Crippen LogP contribution < -0.4 is 0 Å². The summed E-state index contributed by atoms with van der Waals surface area (Å²) in [5, 5.41) is 9.34. The van der Waals surface area contributed by atoms with Gasteiger partial charge in [-0.3, -0.25) is 4.40 Å². The van der Waals surface area contributed by atoms with E-state index in [9.17, 15) is 0 Å². The summed E-state index contributed by atoms with van der Waals surface area (Å²) in [6, 6.07) is 11.9. The van der Waals surface area contributed by atoms with Crippen molar-refractivity contribution < 1.29 is 0 Å². The first kappa shape index (κ1) is 15.7. The van der Waals surface area contributed by atoms with Crippen LogP contribution in [0.1, 0.15) is 31.0 Å². The van der Waals surface area contributed by atoms with Crippen LogP contribution in [0.3, 0.4) is 0 Å². The van der Waals surface area contributed by atoms with Gasteiger partial charge in [-0.2, -0.15) is 0 Å². The third-order valence-electron chi connectivity index (χ3n) is 3.74. The number of rotatable bonds is 5. The molecule has 0 atom stereocenters. The van der Waals surface area contributed by atoms with Crippen molar-refractivity contribution in [3.05, 3.63) is 58.9 Å². The Morgan fingerprint density at radius 3 is 2.61 bits per heavy atom. The summed E-state index contributed by atoms with van der Waals surface area (Å²) in [6.45, 7) is 4.12. The number of benzene rings is 1. The van der Waals surface area contributed by atoms with Gasteiger partial charge in [0.25, 0.3) is 0 Å². The van der Waals surface area contributed by atoms with E-state index in [-0.39, 0.29) is 0 Å². The third-order valence-corrected chi connectivity index (χ3v) is 3.96. The van der Waals surface area contributed by atoms with E-state index in [0.29, 0.717) is 10.8 Å². The van der Waals surface area contributed by atoms with Gasteiger partial charge < -0.3 is 0 Å². The molecule has 3 aromatic rings. The minimum atomic E-state index is 0.645. The Morgan fingerprint density at radius 1 is 1.09 bits per heavy atom. The number of azo groups is 1. The van der Waals surface area contributed by atoms with Gasteiger partial charge in [-0.1, -0.05) is 37.1 Å². The number of nitrogens with zero attached hydrogens (tertiary/aromatic N) is 4. The van der Waals surface area contributed by atoms with Crippen molar-refractivity contribution >= 4 is 28.8 Å². The molecule has 3 rings (SSSR count). The first-order valence-corrected chi connectivity index (χ1v) is 8.20. The number of imidazole rings is 1. The predicted octanol–water partition coefficient (Wildman–Crippen LogP) is 6.05. The van der Waals surface area contributed by atoms with E-state index in [4.69, 9.17) is 11.6 Å². The van der Waals surface area contributed by atoms with Gasteiger partial charge in [0.15, 0.2) is 5.82 Å². The second-order valence-electron chi connectivity index (χ2n) is 5.57. The normalized spacial score (nSPS) is 11.6. The van der Waals surface area contributed by atoms with Crippen LogP contribution in [-0.2, 0) is 6.42 Å². The molecule has 5 heteroatoms. The Balaban J connectivity index is 1.85. The van der Waals surface area contributed by atoms with Crippen molar-refractivity contribution in [3.63, 3.8) is 0 Å². The van der Waals surface area contributed by atoms with E-state index in [1.165, 1.54) is 18.4 Å². The van der Waals surface area contributed by atoms with Gasteiger partial charge >= 0.3 is 0 Å². The van der Waals surface area contributed by atoms with E-state index in [0.717, 1.165) is 23.4 Å². The Bertz CT molecular complexity index is 834. The van der Waals surface area contributed by atoms with Crippen molar-refractivity contribution in [2.75, 3.05) is 0 Å². The summed E-state index contributed by atoms with van der Waals surface area (Å²) < 4.78 is 1.86. The van der Waals surface area contributed by atoms with Crippen LogP contribution in [0.15, 0.2) is 52.8 Å². The first-order chi connectivity index (χ1) is 11.2. The van der Waals surface area contributed by atoms with Crippen molar-refractivity contribution in [2.45, 2.75) is 33.1 Å². The largest absolute Gasteiger partial charge is 0.281 e. The molecule has 0 aliphatic heterocycles. The highest BCUT2D eigenvalue weighted by Crippen LogP contribution is 2.25. The zero-order valence-corrected chi connectivity index (χ0v) is 14.1. The van der Waals surface area contributed by atoms with Gasteiger partial charge in [-0.25, -0.2) is 4.98 Å². The number of hydrogen-bond acceptors (Lipinski definition) is 3. The van der Waals surface area contributed by atoms with Crippen LogP contribution in [0.4, 0.5) is 11.5 Å². The number of aromatic nitrogens is 2. The maximum Gasteiger partial charge on any atom is 0.182 e. The van der Waals surface area contributed by atoms with Gasteiger partial charge in [0.05, 0.1) is 16.4 Å². The van der Waals surface area contributed by atoms with Crippen LogP contribution in [-0.4, -0.2) is 9.38 Å². The van der Waals surface area contributed by atoms with Crippen molar-refractivity contribution in [3.8, 4) is 0 Å². The maximum absolute atomic E-state index is 6.06. The fraction of sp³-hybridized carbons (Fsp3) is 0.278. The predicted molar refractivity (Wildman–Crippen MR) is 94.2 cm³/mol. The lowest BCUT2D eigenvalue weighted by Crippen LogP contribution is -1.83. The van der Waals surface area contributed by atoms with Crippen molar-refractivity contribution in [1.29, 1.82) is 0 Å². The SMILES string of the molecule is CCCCc1ccc(N=Nc2c(C)nc3ccc(Cl)cn23)cc1. The molecular weight excluding hydrogens is 308 g/mol. The van der Waals surface area contributed by atoms with E-state index >= 15 is 0 Å². The fourth-order valence-electron chi connectivity index (χ4n) is 2.46. The molecule has 0 N–H and O–H groups in total. The average molecular weight is 327 g/mol. The standard InChI is InChI=1S/C18H19ClN4/c1-3-4-5-14-6-9-16(10-7-14)21-22-18-13(2)20-17-11-8-15(19)12-23(17)18/h6-12H,3-5H2,1-2H3. The van der Waals surface area contributed by atoms with Gasteiger partial charge in [-0.05, 0) is 49.6 Å². The smallest absolute Gasteiger partial charge is 0.182 e. The quantitative estimate of drug-likeness (QED) is 0.526. The molecule has 0 spiro atoms. The van der Waals surface area contributed by atoms with Gasteiger partial charge in [-0.15, -0.1) is 10.2 Å². The lowest BCUT2D eigenvalue weighted by atomic mass is 10.1. The van der Waals surface area contributed by atoms with E-state index in [1.54, 1.807) is 6.20 Å². The summed E-state index contributed by atoms with van der Waals surface area (Å²) in [6.07, 6.45) is 5.33. The lowest BCUT2D eigenvalue weighted by molar-refractivity contribution is 0.795. The van der Waals surface area contributed by atoms with Crippen LogP contribution in [0.2, 0.25) is 5.02 Å². The molecule has 0 saturated heterocycles. The second-order valence-corrected chi connectivity index (χ2v) is 6.00. The summed E-state index contributed by atoms with van der Waals surface area (Å²) in [4.78, 5) is 4.46. The molecule has 0 amide bonds. The molecular formula is C18H19ClN4. The molecule has 0 bridgehead atoms. The first-order valence-electron chi connectivity index (χ1n) is 7.82. The average Bonchev–Trinajstić information content (AvgIpc) is 2.87. The molecule has 4 nitrogen and oxygen atoms in total. The molecule has 23 heavy (non-hydrogen) atoms. The topological polar surface area (TPSA) is 42.0 Å². The van der Waals surface area contributed by atoms with Gasteiger partial charge in [0.1, 0.15) is 5.65 Å². The van der Waals surface area contributed by atoms with Gasteiger partial charge in [0.2, 0.25) is 0 Å². The molecule has 0 saturated carbocycles. The molecule has 1 aromatic carbocycles. The number of halogens is 1. The van der Waals surface area contributed by atoms with Crippen LogP contribution in [0, 0.1) is 6.92 Å². The monoisotopic (exact) mass is 326 g/mol. The minimum Gasteiger partial charge on any atom is -0.281 e. The van der Waals surface area contributed by atoms with Crippen molar-refractivity contribution in [1.82, 2.24) is 9.38 Å². The van der Waals surface area contributed by atoms with E-state index < -0.39 is 0 Å². The number of pyridine rings is 1. The summed E-state index contributed by atoms with van der Waals surface area (Å²) >= 11 is 6.06. The molecule has 0 fully saturated rings. The number of aryl methyl sites for hydroxylation is 2. The molecule has 2 aromatic heterocycles. The number of hydrogen-bond donors (Lipinski definition) is 0. The minimum absolute atomic E-state index is 0.645. The third kappa shape index (κ3) is 3.59. The van der Waals surface area contributed by atoms with E-state index in [1.807, 2.05) is 35.6 Å². The maximum atomic E-state index is 6.06. The fourth-order valence-corrected chi connectivity index (χ4v) is 2.62. The van der Waals surface area contributed by atoms with Crippen molar-refractivity contribution in [2.24, 2.45) is 10.2 Å². The molecule has 0 unspecified atom stereocenters. The van der Waals surface area contributed by atoms with E-state index in [2.05, 4.69) is 34.3 Å². The van der Waals surface area contributed by atoms with Gasteiger partial charge in [0, 0.05) is 6.20 Å². The molecule has 2 heterocycles. The molecule has 0 radical (unpaired) electrons. The van der Waals surface area contributed by atoms with Crippen LogP contribution in [0.5, 0.6) is 0 Å². The number of unbranched alkanes of at least 4 members (excludes halogenated alkanes) is 1. The Hall–Kier alpha value is -2.20.